The number of benzene rings is 2. The van der Waals surface area contributed by atoms with E-state index < -0.39 is 16.0 Å². The van der Waals surface area contributed by atoms with Gasteiger partial charge in [0.05, 0.1) is 21.8 Å². The second-order valence-electron chi connectivity index (χ2n) is 6.46. The van der Waals surface area contributed by atoms with Crippen LogP contribution in [0, 0.1) is 13.8 Å². The number of hydrogen-bond acceptors (Lipinski definition) is 5. The zero-order chi connectivity index (χ0) is 21.0. The number of nitrogens with zero attached hydrogens (tertiary/aromatic N) is 1. The molecule has 150 valence electrons. The predicted molar refractivity (Wildman–Crippen MR) is 109 cm³/mol. The van der Waals surface area contributed by atoms with Crippen LogP contribution in [0.1, 0.15) is 27.2 Å². The lowest BCUT2D eigenvalue weighted by Gasteiger charge is -2.14. The van der Waals surface area contributed by atoms with Crippen molar-refractivity contribution >= 4 is 21.7 Å². The van der Waals surface area contributed by atoms with Gasteiger partial charge in [0, 0.05) is 12.3 Å². The summed E-state index contributed by atoms with van der Waals surface area (Å²) in [6.45, 7) is 3.56. The van der Waals surface area contributed by atoms with Crippen LogP contribution in [0.15, 0.2) is 65.7 Å². The molecule has 0 spiro atoms. The molecule has 0 unspecified atom stereocenters. The summed E-state index contributed by atoms with van der Waals surface area (Å²) in [5.41, 5.74) is 2.04. The molecule has 7 nitrogen and oxygen atoms in total. The second kappa shape index (κ2) is 8.32. The van der Waals surface area contributed by atoms with Gasteiger partial charge in [0.15, 0.2) is 0 Å². The van der Waals surface area contributed by atoms with Crippen LogP contribution in [0.2, 0.25) is 0 Å². The molecule has 2 aromatic carbocycles. The summed E-state index contributed by atoms with van der Waals surface area (Å²) in [5.74, 6) is -0.711. The zero-order valence-electron chi connectivity index (χ0n) is 15.9. The maximum atomic E-state index is 12.9. The van der Waals surface area contributed by atoms with Crippen molar-refractivity contribution in [2.75, 3.05) is 4.72 Å². The molecule has 3 aromatic rings. The van der Waals surface area contributed by atoms with Gasteiger partial charge in [-0.2, -0.15) is 0 Å². The number of hydrogen-bond donors (Lipinski definition) is 2. The number of sulfonamides is 1. The first-order valence-electron chi connectivity index (χ1n) is 8.76. The summed E-state index contributed by atoms with van der Waals surface area (Å²) < 4.78 is 33.9. The van der Waals surface area contributed by atoms with Crippen molar-refractivity contribution in [3.8, 4) is 5.75 Å². The molecule has 3 rings (SSSR count). The molecular weight excluding hydrogens is 392 g/mol. The molecule has 8 heteroatoms. The lowest BCUT2D eigenvalue weighted by Crippen LogP contribution is -2.16. The van der Waals surface area contributed by atoms with Crippen LogP contribution in [-0.4, -0.2) is 24.5 Å². The number of nitrogens with one attached hydrogen (secondary N) is 1. The van der Waals surface area contributed by atoms with Crippen LogP contribution < -0.4 is 9.46 Å². The molecule has 1 aromatic heterocycles. The first-order chi connectivity index (χ1) is 13.8. The third-order valence-corrected chi connectivity index (χ3v) is 5.86. The van der Waals surface area contributed by atoms with E-state index >= 15 is 0 Å². The maximum Gasteiger partial charge on any atom is 0.335 e. The number of ether oxygens (including phenoxy) is 1. The van der Waals surface area contributed by atoms with Gasteiger partial charge in [0.25, 0.3) is 10.0 Å². The highest BCUT2D eigenvalue weighted by atomic mass is 32.2. The van der Waals surface area contributed by atoms with Gasteiger partial charge >= 0.3 is 5.97 Å². The van der Waals surface area contributed by atoms with Gasteiger partial charge in [-0.1, -0.05) is 12.1 Å². The summed E-state index contributed by atoms with van der Waals surface area (Å²) >= 11 is 0. The van der Waals surface area contributed by atoms with E-state index in [9.17, 15) is 18.3 Å². The third-order valence-electron chi connectivity index (χ3n) is 4.36. The highest BCUT2D eigenvalue weighted by molar-refractivity contribution is 7.92. The fourth-order valence-corrected chi connectivity index (χ4v) is 4.12. The minimum atomic E-state index is -3.99. The van der Waals surface area contributed by atoms with Crippen molar-refractivity contribution < 1.29 is 23.1 Å². The van der Waals surface area contributed by atoms with Crippen LogP contribution in [0.25, 0.3) is 0 Å². The number of carboxylic acids is 1. The summed E-state index contributed by atoms with van der Waals surface area (Å²) in [7, 11) is -3.99. The first kappa shape index (κ1) is 20.3. The van der Waals surface area contributed by atoms with Gasteiger partial charge in [-0.25, -0.2) is 13.2 Å². The largest absolute Gasteiger partial charge is 0.487 e. The number of pyridine rings is 1. The lowest BCUT2D eigenvalue weighted by molar-refractivity contribution is 0.0696. The molecule has 0 aliphatic carbocycles. The Hall–Kier alpha value is -3.39. The van der Waals surface area contributed by atoms with Gasteiger partial charge in [0.1, 0.15) is 12.4 Å². The number of aromatic nitrogens is 1. The van der Waals surface area contributed by atoms with Crippen molar-refractivity contribution in [3.63, 3.8) is 0 Å². The van der Waals surface area contributed by atoms with Gasteiger partial charge in [-0.05, 0) is 61.4 Å². The van der Waals surface area contributed by atoms with E-state index in [-0.39, 0.29) is 17.1 Å². The Bertz CT molecular complexity index is 1140. The maximum absolute atomic E-state index is 12.9. The third kappa shape index (κ3) is 4.91. The fraction of sp³-hybridized carbons (Fsp3) is 0.143. The molecule has 2 N–H and O–H groups in total. The van der Waals surface area contributed by atoms with E-state index in [0.29, 0.717) is 22.6 Å². The van der Waals surface area contributed by atoms with Gasteiger partial charge in [-0.3, -0.25) is 9.71 Å². The van der Waals surface area contributed by atoms with E-state index in [1.165, 1.54) is 6.07 Å². The Morgan fingerprint density at radius 1 is 1.10 bits per heavy atom. The first-order valence-corrected chi connectivity index (χ1v) is 10.2. The summed E-state index contributed by atoms with van der Waals surface area (Å²) in [6, 6.07) is 14.6. The number of rotatable bonds is 7. The molecule has 0 saturated carbocycles. The molecule has 0 atom stereocenters. The topological polar surface area (TPSA) is 106 Å². The molecule has 0 amide bonds. The minimum absolute atomic E-state index is 0.0743. The summed E-state index contributed by atoms with van der Waals surface area (Å²) in [5, 5.41) is 9.23. The zero-order valence-corrected chi connectivity index (χ0v) is 16.7. The number of aryl methyl sites for hydroxylation is 1. The molecule has 0 radical (unpaired) electrons. The Morgan fingerprint density at radius 3 is 2.59 bits per heavy atom. The fourth-order valence-electron chi connectivity index (χ4n) is 2.73. The Balaban J connectivity index is 1.83. The lowest BCUT2D eigenvalue weighted by atomic mass is 10.1. The van der Waals surface area contributed by atoms with Crippen LogP contribution in [-0.2, 0) is 16.6 Å². The summed E-state index contributed by atoms with van der Waals surface area (Å²) in [6.07, 6.45) is 1.67. The quantitative estimate of drug-likeness (QED) is 0.612. The molecule has 1 heterocycles. The van der Waals surface area contributed by atoms with E-state index in [1.54, 1.807) is 44.3 Å². The minimum Gasteiger partial charge on any atom is -0.487 e. The van der Waals surface area contributed by atoms with Gasteiger partial charge in [-0.15, -0.1) is 0 Å². The van der Waals surface area contributed by atoms with Crippen LogP contribution in [0.5, 0.6) is 5.75 Å². The number of aromatic carboxylic acids is 1. The smallest absolute Gasteiger partial charge is 0.335 e. The van der Waals surface area contributed by atoms with Gasteiger partial charge < -0.3 is 9.84 Å². The molecular formula is C21H20N2O5S. The van der Waals surface area contributed by atoms with Crippen molar-refractivity contribution in [1.82, 2.24) is 4.98 Å². The highest BCUT2D eigenvalue weighted by Gasteiger charge is 2.21. The van der Waals surface area contributed by atoms with Crippen molar-refractivity contribution in [2.45, 2.75) is 25.3 Å². The molecule has 0 saturated heterocycles. The molecule has 0 bridgehead atoms. The Labute approximate surface area is 169 Å². The van der Waals surface area contributed by atoms with Crippen LogP contribution in [0.4, 0.5) is 5.69 Å². The average Bonchev–Trinajstić information content (AvgIpc) is 2.69. The molecule has 0 fully saturated rings. The number of carboxylic acid groups (broad SMARTS) is 1. The average molecular weight is 412 g/mol. The Morgan fingerprint density at radius 2 is 1.90 bits per heavy atom. The highest BCUT2D eigenvalue weighted by Crippen LogP contribution is 2.25. The van der Waals surface area contributed by atoms with Crippen molar-refractivity contribution in [2.24, 2.45) is 0 Å². The number of anilines is 1. The van der Waals surface area contributed by atoms with Crippen molar-refractivity contribution in [3.05, 3.63) is 83.2 Å². The monoisotopic (exact) mass is 412 g/mol. The second-order valence-corrected chi connectivity index (χ2v) is 8.12. The van der Waals surface area contributed by atoms with E-state index in [4.69, 9.17) is 4.74 Å². The molecule has 29 heavy (non-hydrogen) atoms. The van der Waals surface area contributed by atoms with Gasteiger partial charge in [0.2, 0.25) is 0 Å². The standard InChI is InChI=1S/C21H20N2O5S/c1-14-10-16(21(24)25)11-20(15(14)2)29(26,27)23-17-7-5-8-19(12-17)28-13-18-6-3-4-9-22-18/h3-12,23H,13H2,1-2H3,(H,24,25). The molecule has 0 aliphatic rings. The Kier molecular flexibility index (Phi) is 5.84. The van der Waals surface area contributed by atoms with E-state index in [2.05, 4.69) is 9.71 Å². The van der Waals surface area contributed by atoms with E-state index in [1.807, 2.05) is 18.2 Å². The summed E-state index contributed by atoms with van der Waals surface area (Å²) in [4.78, 5) is 15.4. The van der Waals surface area contributed by atoms with Crippen LogP contribution >= 0.6 is 0 Å². The van der Waals surface area contributed by atoms with Crippen molar-refractivity contribution in [1.29, 1.82) is 0 Å². The SMILES string of the molecule is Cc1cc(C(=O)O)cc(S(=O)(=O)Nc2cccc(OCc3ccccn3)c2)c1C. The number of carbonyl (C=O) groups is 1. The predicted octanol–water partition coefficient (Wildman–Crippen LogP) is 3.78. The van der Waals surface area contributed by atoms with E-state index in [0.717, 1.165) is 11.8 Å². The normalized spacial score (nSPS) is 11.1. The van der Waals surface area contributed by atoms with Crippen LogP contribution in [0.3, 0.4) is 0 Å². The molecule has 0 aliphatic heterocycles.